The summed E-state index contributed by atoms with van der Waals surface area (Å²) < 4.78 is 0. The molecule has 2 aliphatic carbocycles. The van der Waals surface area contributed by atoms with Gasteiger partial charge in [-0.1, -0.05) is 106 Å². The molecule has 0 N–H and O–H groups in total. The van der Waals surface area contributed by atoms with Gasteiger partial charge in [-0.05, 0) is 40.0 Å². The Balaban J connectivity index is 1.80. The van der Waals surface area contributed by atoms with E-state index in [-0.39, 0.29) is 0 Å². The van der Waals surface area contributed by atoms with Crippen molar-refractivity contribution in [2.45, 2.75) is 46.5 Å². The second-order valence-electron chi connectivity index (χ2n) is 8.67. The topological polar surface area (TPSA) is 0 Å². The Morgan fingerprint density at radius 1 is 0.577 bits per heavy atom. The molecule has 0 heteroatoms. The molecule has 2 atom stereocenters. The zero-order valence-corrected chi connectivity index (χ0v) is 16.7. The van der Waals surface area contributed by atoms with Crippen molar-refractivity contribution in [3.8, 4) is 0 Å². The summed E-state index contributed by atoms with van der Waals surface area (Å²) in [6.07, 6.45) is 4.92. The number of allylic oxidation sites excluding steroid dienone is 2. The van der Waals surface area contributed by atoms with Crippen LogP contribution < -0.4 is 0 Å². The predicted octanol–water partition coefficient (Wildman–Crippen LogP) is 7.30. The molecule has 2 aromatic rings. The molecular formula is C26H30. The molecule has 0 radical (unpaired) electrons. The van der Waals surface area contributed by atoms with Crippen LogP contribution in [0.15, 0.2) is 59.7 Å². The van der Waals surface area contributed by atoms with Gasteiger partial charge in [0.15, 0.2) is 0 Å². The van der Waals surface area contributed by atoms with Gasteiger partial charge in [0.05, 0.1) is 0 Å². The van der Waals surface area contributed by atoms with E-state index in [1.54, 1.807) is 11.1 Å². The van der Waals surface area contributed by atoms with E-state index >= 15 is 0 Å². The van der Waals surface area contributed by atoms with Crippen LogP contribution in [0.2, 0.25) is 0 Å². The van der Waals surface area contributed by atoms with Gasteiger partial charge < -0.3 is 0 Å². The number of fused-ring (bicyclic) bond motifs is 2. The molecule has 0 spiro atoms. The van der Waals surface area contributed by atoms with Gasteiger partial charge in [-0.3, -0.25) is 0 Å². The van der Waals surface area contributed by atoms with E-state index in [1.807, 2.05) is 0 Å². The molecule has 2 aromatic carbocycles. The van der Waals surface area contributed by atoms with Crippen LogP contribution in [-0.2, 0) is 0 Å². The first kappa shape index (κ1) is 17.3. The third-order valence-electron chi connectivity index (χ3n) is 6.41. The van der Waals surface area contributed by atoms with E-state index in [0.29, 0.717) is 29.6 Å². The fourth-order valence-corrected chi connectivity index (χ4v) is 5.17. The number of hydrogen-bond donors (Lipinski definition) is 0. The Bertz CT molecular complexity index is 805. The van der Waals surface area contributed by atoms with Gasteiger partial charge in [0.25, 0.3) is 0 Å². The lowest BCUT2D eigenvalue weighted by molar-refractivity contribution is 0.418. The van der Waals surface area contributed by atoms with Gasteiger partial charge in [-0.2, -0.15) is 0 Å². The summed E-state index contributed by atoms with van der Waals surface area (Å²) in [6, 6.07) is 18.0. The molecule has 0 bridgehead atoms. The number of benzene rings is 2. The van der Waals surface area contributed by atoms with Crippen molar-refractivity contribution < 1.29 is 0 Å². The molecule has 0 saturated heterocycles. The maximum absolute atomic E-state index is 2.48. The SMILES string of the molecule is CC(C)C1=Cc2ccccc2C1C(C)C1C(C(C)C)=Cc2ccccc21. The highest BCUT2D eigenvalue weighted by Gasteiger charge is 2.39. The number of hydrogen-bond acceptors (Lipinski definition) is 0. The van der Waals surface area contributed by atoms with E-state index < -0.39 is 0 Å². The highest BCUT2D eigenvalue weighted by Crippen LogP contribution is 2.53. The largest absolute Gasteiger partial charge is 0.0619 e. The highest BCUT2D eigenvalue weighted by molar-refractivity contribution is 5.70. The molecule has 0 aliphatic heterocycles. The average Bonchev–Trinajstić information content (AvgIpc) is 3.20. The van der Waals surface area contributed by atoms with Crippen molar-refractivity contribution in [2.24, 2.45) is 17.8 Å². The van der Waals surface area contributed by atoms with Gasteiger partial charge in [0, 0.05) is 11.8 Å². The smallest absolute Gasteiger partial charge is 0.00945 e. The summed E-state index contributed by atoms with van der Waals surface area (Å²) in [5.41, 5.74) is 9.11. The minimum Gasteiger partial charge on any atom is -0.0619 e. The fraction of sp³-hybridized carbons (Fsp3) is 0.385. The van der Waals surface area contributed by atoms with Crippen molar-refractivity contribution in [2.75, 3.05) is 0 Å². The minimum absolute atomic E-state index is 0.518. The summed E-state index contributed by atoms with van der Waals surface area (Å²) in [5, 5.41) is 0. The van der Waals surface area contributed by atoms with Crippen LogP contribution in [0.4, 0.5) is 0 Å². The Hall–Kier alpha value is -2.08. The summed E-state index contributed by atoms with van der Waals surface area (Å²) in [5.74, 6) is 2.76. The first-order valence-corrected chi connectivity index (χ1v) is 10.1. The van der Waals surface area contributed by atoms with Crippen molar-refractivity contribution in [1.29, 1.82) is 0 Å². The van der Waals surface area contributed by atoms with Crippen molar-refractivity contribution in [3.63, 3.8) is 0 Å². The molecule has 0 saturated carbocycles. The molecular weight excluding hydrogens is 312 g/mol. The highest BCUT2D eigenvalue weighted by atomic mass is 14.4. The lowest BCUT2D eigenvalue weighted by Crippen LogP contribution is -2.22. The van der Waals surface area contributed by atoms with E-state index in [4.69, 9.17) is 0 Å². The van der Waals surface area contributed by atoms with Crippen LogP contribution >= 0.6 is 0 Å². The summed E-state index contributed by atoms with van der Waals surface area (Å²) in [7, 11) is 0. The quantitative estimate of drug-likeness (QED) is 0.547. The van der Waals surface area contributed by atoms with Gasteiger partial charge >= 0.3 is 0 Å². The normalized spacial score (nSPS) is 22.3. The molecule has 134 valence electrons. The Morgan fingerprint density at radius 2 is 0.962 bits per heavy atom. The van der Waals surface area contributed by atoms with E-state index in [2.05, 4.69) is 95.3 Å². The van der Waals surface area contributed by atoms with Gasteiger partial charge in [0.1, 0.15) is 0 Å². The van der Waals surface area contributed by atoms with Crippen LogP contribution in [0.1, 0.15) is 68.7 Å². The molecule has 0 heterocycles. The molecule has 2 unspecified atom stereocenters. The van der Waals surface area contributed by atoms with Crippen molar-refractivity contribution >= 4 is 12.2 Å². The molecule has 0 fully saturated rings. The Kier molecular flexibility index (Phi) is 4.39. The Labute approximate surface area is 158 Å². The molecule has 4 rings (SSSR count). The molecule has 0 nitrogen and oxygen atoms in total. The molecule has 0 amide bonds. The van der Waals surface area contributed by atoms with Crippen LogP contribution in [0.5, 0.6) is 0 Å². The zero-order chi connectivity index (χ0) is 18.4. The standard InChI is InChI=1S/C26H30/c1-16(2)23-14-19-10-6-8-12-21(19)25(23)18(5)26-22-13-9-7-11-20(22)15-24(26)17(3)4/h6-18,25-26H,1-5H3. The average molecular weight is 343 g/mol. The monoisotopic (exact) mass is 342 g/mol. The maximum Gasteiger partial charge on any atom is 0.00945 e. The third-order valence-corrected chi connectivity index (χ3v) is 6.41. The van der Waals surface area contributed by atoms with Gasteiger partial charge in [0.2, 0.25) is 0 Å². The summed E-state index contributed by atoms with van der Waals surface area (Å²) in [4.78, 5) is 0. The fourth-order valence-electron chi connectivity index (χ4n) is 5.17. The summed E-state index contributed by atoms with van der Waals surface area (Å²) >= 11 is 0. The molecule has 0 aromatic heterocycles. The Morgan fingerprint density at radius 3 is 1.35 bits per heavy atom. The van der Waals surface area contributed by atoms with Gasteiger partial charge in [-0.25, -0.2) is 0 Å². The lowest BCUT2D eigenvalue weighted by Gasteiger charge is -2.34. The lowest BCUT2D eigenvalue weighted by atomic mass is 9.70. The van der Waals surface area contributed by atoms with Crippen LogP contribution in [0, 0.1) is 17.8 Å². The summed E-state index contributed by atoms with van der Waals surface area (Å²) in [6.45, 7) is 11.9. The van der Waals surface area contributed by atoms with Crippen molar-refractivity contribution in [3.05, 3.63) is 81.9 Å². The van der Waals surface area contributed by atoms with Gasteiger partial charge in [-0.15, -0.1) is 0 Å². The van der Waals surface area contributed by atoms with Crippen molar-refractivity contribution in [1.82, 2.24) is 0 Å². The number of rotatable bonds is 4. The predicted molar refractivity (Wildman–Crippen MR) is 113 cm³/mol. The second-order valence-corrected chi connectivity index (χ2v) is 8.67. The second kappa shape index (κ2) is 6.58. The van der Waals surface area contributed by atoms with E-state index in [9.17, 15) is 0 Å². The van der Waals surface area contributed by atoms with E-state index in [1.165, 1.54) is 22.3 Å². The first-order chi connectivity index (χ1) is 12.5. The van der Waals surface area contributed by atoms with Crippen LogP contribution in [0.25, 0.3) is 12.2 Å². The third kappa shape index (κ3) is 2.67. The zero-order valence-electron chi connectivity index (χ0n) is 16.7. The van der Waals surface area contributed by atoms with E-state index in [0.717, 1.165) is 0 Å². The maximum atomic E-state index is 2.48. The first-order valence-electron chi connectivity index (χ1n) is 10.1. The van der Waals surface area contributed by atoms with Crippen LogP contribution in [-0.4, -0.2) is 0 Å². The molecule has 26 heavy (non-hydrogen) atoms. The minimum atomic E-state index is 0.518. The van der Waals surface area contributed by atoms with Crippen LogP contribution in [0.3, 0.4) is 0 Å². The molecule has 2 aliphatic rings.